The summed E-state index contributed by atoms with van der Waals surface area (Å²) in [6.07, 6.45) is 0.953. The van der Waals surface area contributed by atoms with Crippen LogP contribution in [0.5, 0.6) is 0 Å². The number of nitrogens with one attached hydrogen (secondary N) is 1. The minimum Gasteiger partial charge on any atom is -0.383 e. The third-order valence-electron chi connectivity index (χ3n) is 3.63. The second kappa shape index (κ2) is 8.63. The van der Waals surface area contributed by atoms with Crippen LogP contribution in [0, 0.1) is 0 Å². The van der Waals surface area contributed by atoms with Crippen LogP contribution in [0.15, 0.2) is 17.0 Å². The number of carbonyl (C=O) groups is 2. The van der Waals surface area contributed by atoms with Gasteiger partial charge in [-0.2, -0.15) is 0 Å². The SMILES string of the molecule is COCCn1nnnc1NC(=O)c1ccc(S(C)(=O)=O)c(C(=O)N(C)C)c1Cl. The van der Waals surface area contributed by atoms with Crippen molar-refractivity contribution in [3.05, 3.63) is 28.3 Å². The Kier molecular flexibility index (Phi) is 6.69. The molecule has 1 heterocycles. The zero-order chi connectivity index (χ0) is 21.1. The van der Waals surface area contributed by atoms with Crippen molar-refractivity contribution in [2.24, 2.45) is 0 Å². The lowest BCUT2D eigenvalue weighted by molar-refractivity contribution is 0.0824. The number of amides is 2. The molecule has 0 radical (unpaired) electrons. The number of hydrogen-bond donors (Lipinski definition) is 1. The summed E-state index contributed by atoms with van der Waals surface area (Å²) in [6.45, 7) is 0.615. The van der Waals surface area contributed by atoms with E-state index in [1.165, 1.54) is 42.9 Å². The Morgan fingerprint density at radius 2 is 2.00 bits per heavy atom. The van der Waals surface area contributed by atoms with Crippen LogP contribution in [-0.2, 0) is 21.1 Å². The Balaban J connectivity index is 2.46. The summed E-state index contributed by atoms with van der Waals surface area (Å²) in [5.74, 6) is -1.30. The number of ether oxygens (including phenoxy) is 1. The Labute approximate surface area is 166 Å². The highest BCUT2D eigenvalue weighted by atomic mass is 35.5. The first-order valence-corrected chi connectivity index (χ1v) is 10.2. The summed E-state index contributed by atoms with van der Waals surface area (Å²) in [5.41, 5.74) is -0.374. The van der Waals surface area contributed by atoms with Gasteiger partial charge in [0.15, 0.2) is 9.84 Å². The quantitative estimate of drug-likeness (QED) is 0.663. The number of rotatable bonds is 7. The molecule has 152 valence electrons. The number of benzene rings is 1. The van der Waals surface area contributed by atoms with Crippen molar-refractivity contribution in [3.63, 3.8) is 0 Å². The number of halogens is 1. The Morgan fingerprint density at radius 3 is 2.57 bits per heavy atom. The summed E-state index contributed by atoms with van der Waals surface area (Å²) in [6, 6.07) is 2.39. The first kappa shape index (κ1) is 21.7. The average molecular weight is 431 g/mol. The molecule has 28 heavy (non-hydrogen) atoms. The third kappa shape index (κ3) is 4.64. The molecular formula is C15H19ClN6O5S. The largest absolute Gasteiger partial charge is 0.383 e. The van der Waals surface area contributed by atoms with E-state index in [0.717, 1.165) is 6.26 Å². The molecule has 0 aliphatic carbocycles. The van der Waals surface area contributed by atoms with Crippen LogP contribution < -0.4 is 5.32 Å². The molecule has 2 aromatic rings. The summed E-state index contributed by atoms with van der Waals surface area (Å²) in [7, 11) is 0.643. The molecule has 2 amide bonds. The van der Waals surface area contributed by atoms with Crippen LogP contribution in [-0.4, -0.2) is 79.4 Å². The van der Waals surface area contributed by atoms with Gasteiger partial charge in [0, 0.05) is 27.5 Å². The van der Waals surface area contributed by atoms with Gasteiger partial charge in [0.1, 0.15) is 0 Å². The van der Waals surface area contributed by atoms with Gasteiger partial charge in [-0.15, -0.1) is 0 Å². The zero-order valence-corrected chi connectivity index (χ0v) is 17.2. The first-order valence-electron chi connectivity index (χ1n) is 7.88. The van der Waals surface area contributed by atoms with Crippen molar-refractivity contribution in [2.75, 3.05) is 39.4 Å². The monoisotopic (exact) mass is 430 g/mol. The highest BCUT2D eigenvalue weighted by molar-refractivity contribution is 7.90. The van der Waals surface area contributed by atoms with Gasteiger partial charge in [-0.05, 0) is 22.6 Å². The van der Waals surface area contributed by atoms with Gasteiger partial charge >= 0.3 is 0 Å². The van der Waals surface area contributed by atoms with Crippen LogP contribution in [0.3, 0.4) is 0 Å². The Hall–Kier alpha value is -2.57. The van der Waals surface area contributed by atoms with Gasteiger partial charge in [0.2, 0.25) is 5.95 Å². The number of aromatic nitrogens is 4. The van der Waals surface area contributed by atoms with E-state index in [9.17, 15) is 18.0 Å². The molecule has 0 spiro atoms. The van der Waals surface area contributed by atoms with E-state index in [2.05, 4.69) is 20.8 Å². The van der Waals surface area contributed by atoms with Crippen molar-refractivity contribution in [1.29, 1.82) is 0 Å². The molecule has 0 fully saturated rings. The summed E-state index contributed by atoms with van der Waals surface area (Å²) in [5, 5.41) is 13.1. The number of sulfone groups is 1. The van der Waals surface area contributed by atoms with Crippen LogP contribution in [0.1, 0.15) is 20.7 Å². The number of methoxy groups -OCH3 is 1. The molecule has 11 nitrogen and oxygen atoms in total. The van der Waals surface area contributed by atoms with E-state index < -0.39 is 21.7 Å². The maximum atomic E-state index is 12.7. The first-order chi connectivity index (χ1) is 13.1. The molecule has 0 unspecified atom stereocenters. The van der Waals surface area contributed by atoms with Gasteiger partial charge < -0.3 is 9.64 Å². The van der Waals surface area contributed by atoms with Crippen molar-refractivity contribution in [3.8, 4) is 0 Å². The smallest absolute Gasteiger partial charge is 0.259 e. The lowest BCUT2D eigenvalue weighted by Crippen LogP contribution is -2.26. The van der Waals surface area contributed by atoms with Gasteiger partial charge in [0.25, 0.3) is 11.8 Å². The molecule has 0 atom stereocenters. The fourth-order valence-electron chi connectivity index (χ4n) is 2.26. The summed E-state index contributed by atoms with van der Waals surface area (Å²) in [4.78, 5) is 26.0. The summed E-state index contributed by atoms with van der Waals surface area (Å²) < 4.78 is 30.3. The van der Waals surface area contributed by atoms with Gasteiger partial charge in [-0.25, -0.2) is 13.1 Å². The van der Waals surface area contributed by atoms with E-state index in [1.807, 2.05) is 0 Å². The van der Waals surface area contributed by atoms with Gasteiger partial charge in [-0.3, -0.25) is 14.9 Å². The molecule has 0 bridgehead atoms. The predicted octanol–water partition coefficient (Wildman–Crippen LogP) is 0.331. The number of anilines is 1. The molecule has 0 aliphatic rings. The molecule has 2 rings (SSSR count). The number of hydrogen-bond acceptors (Lipinski definition) is 8. The fourth-order valence-corrected chi connectivity index (χ4v) is 3.52. The topological polar surface area (TPSA) is 136 Å². The molecule has 1 N–H and O–H groups in total. The molecule has 13 heteroatoms. The standard InChI is InChI=1S/C15H19ClN6O5S/c1-21(2)14(24)11-10(28(4,25)26)6-5-9(12(11)16)13(23)17-15-18-19-20-22(15)7-8-27-3/h5-6H,7-8H2,1-4H3,(H,17,18,20,23). The average Bonchev–Trinajstić information content (AvgIpc) is 3.04. The highest BCUT2D eigenvalue weighted by Crippen LogP contribution is 2.29. The minimum absolute atomic E-state index is 0.0470. The molecule has 1 aromatic carbocycles. The summed E-state index contributed by atoms with van der Waals surface area (Å²) >= 11 is 6.27. The normalized spacial score (nSPS) is 11.3. The molecule has 0 saturated heterocycles. The lowest BCUT2D eigenvalue weighted by atomic mass is 10.1. The number of carbonyl (C=O) groups excluding carboxylic acids is 2. The Bertz CT molecular complexity index is 1000. The van der Waals surface area contributed by atoms with Crippen LogP contribution in [0.25, 0.3) is 0 Å². The van der Waals surface area contributed by atoms with Gasteiger partial charge in [-0.1, -0.05) is 16.7 Å². The number of tetrazole rings is 1. The molecular weight excluding hydrogens is 412 g/mol. The van der Waals surface area contributed by atoms with Crippen molar-refractivity contribution in [1.82, 2.24) is 25.1 Å². The van der Waals surface area contributed by atoms with Crippen molar-refractivity contribution < 1.29 is 22.7 Å². The molecule has 0 aliphatic heterocycles. The van der Waals surface area contributed by atoms with E-state index in [1.54, 1.807) is 0 Å². The maximum Gasteiger partial charge on any atom is 0.259 e. The van der Waals surface area contributed by atoms with Crippen molar-refractivity contribution >= 4 is 39.2 Å². The van der Waals surface area contributed by atoms with Gasteiger partial charge in [0.05, 0.1) is 34.2 Å². The van der Waals surface area contributed by atoms with E-state index in [4.69, 9.17) is 16.3 Å². The fraction of sp³-hybridized carbons (Fsp3) is 0.400. The predicted molar refractivity (Wildman–Crippen MR) is 100 cm³/mol. The highest BCUT2D eigenvalue weighted by Gasteiger charge is 2.27. The van der Waals surface area contributed by atoms with Crippen molar-refractivity contribution in [2.45, 2.75) is 11.4 Å². The van der Waals surface area contributed by atoms with Crippen LogP contribution in [0.2, 0.25) is 5.02 Å². The van der Waals surface area contributed by atoms with E-state index in [-0.39, 0.29) is 27.0 Å². The van der Waals surface area contributed by atoms with Crippen LogP contribution >= 0.6 is 11.6 Å². The molecule has 0 saturated carbocycles. The second-order valence-corrected chi connectivity index (χ2v) is 8.31. The van der Waals surface area contributed by atoms with Crippen LogP contribution in [0.4, 0.5) is 5.95 Å². The Morgan fingerprint density at radius 1 is 1.32 bits per heavy atom. The third-order valence-corrected chi connectivity index (χ3v) is 5.16. The van der Waals surface area contributed by atoms with E-state index >= 15 is 0 Å². The minimum atomic E-state index is -3.76. The zero-order valence-electron chi connectivity index (χ0n) is 15.6. The lowest BCUT2D eigenvalue weighted by Gasteiger charge is -2.16. The maximum absolute atomic E-state index is 12.7. The number of nitrogens with zero attached hydrogens (tertiary/aromatic N) is 5. The van der Waals surface area contributed by atoms with E-state index in [0.29, 0.717) is 13.2 Å². The molecule has 1 aromatic heterocycles. The second-order valence-electron chi connectivity index (χ2n) is 5.94.